The van der Waals surface area contributed by atoms with Crippen molar-refractivity contribution in [3.8, 4) is 50.9 Å². The molecule has 2 aliphatic heterocycles. The molecule has 0 bridgehead atoms. The molecule has 2 heterocycles. The van der Waals surface area contributed by atoms with Gasteiger partial charge in [0.25, 0.3) is 0 Å². The number of aliphatic imine (C=N–C) groups is 1. The summed E-state index contributed by atoms with van der Waals surface area (Å²) in [6.07, 6.45) is -0.616. The topological polar surface area (TPSA) is 69.4 Å². The number of amidine groups is 1. The van der Waals surface area contributed by atoms with Crippen molar-refractivity contribution in [2.24, 2.45) is 4.99 Å². The molecule has 0 fully saturated rings. The van der Waals surface area contributed by atoms with E-state index in [-0.39, 0.29) is 17.7 Å². The van der Waals surface area contributed by atoms with Gasteiger partial charge in [0.15, 0.2) is 0 Å². The predicted molar refractivity (Wildman–Crippen MR) is 243 cm³/mol. The highest BCUT2D eigenvalue weighted by Crippen LogP contribution is 2.63. The first-order valence-electron chi connectivity index (χ1n) is 21.0. The Labute approximate surface area is 355 Å². The van der Waals surface area contributed by atoms with Gasteiger partial charge in [-0.15, -0.1) is 0 Å². The number of nitrogens with one attached hydrogen (secondary N) is 2. The van der Waals surface area contributed by atoms with Crippen LogP contribution in [-0.2, 0) is 10.8 Å². The van der Waals surface area contributed by atoms with Gasteiger partial charge in [0.05, 0.1) is 17.0 Å². The number of fused-ring (bicyclic) bond motifs is 12. The van der Waals surface area contributed by atoms with Crippen LogP contribution in [0.15, 0.2) is 187 Å². The Bertz CT molecular complexity index is 3150. The highest BCUT2D eigenvalue weighted by atomic mass is 16.5. The predicted octanol–water partition coefficient (Wildman–Crippen LogP) is 12.3. The first kappa shape index (κ1) is 35.4. The normalized spacial score (nSPS) is 17.9. The van der Waals surface area contributed by atoms with Gasteiger partial charge in [0.2, 0.25) is 0 Å². The fraction of sp³-hybridized carbons (Fsp3) is 0.107. The summed E-state index contributed by atoms with van der Waals surface area (Å²) in [5.74, 6) is 2.60. The van der Waals surface area contributed by atoms with Gasteiger partial charge in [-0.1, -0.05) is 159 Å². The third kappa shape index (κ3) is 5.13. The number of nitrogens with zero attached hydrogens (tertiary/aromatic N) is 2. The zero-order valence-corrected chi connectivity index (χ0v) is 33.8. The zero-order valence-electron chi connectivity index (χ0n) is 33.8. The summed E-state index contributed by atoms with van der Waals surface area (Å²) in [7, 11) is 0. The minimum atomic E-state index is -0.560. The Kier molecular flexibility index (Phi) is 7.69. The average Bonchev–Trinajstić information content (AvgIpc) is 3.74. The molecule has 1 spiro atoms. The van der Waals surface area contributed by atoms with Crippen LogP contribution in [0.5, 0.6) is 11.5 Å². The van der Waals surface area contributed by atoms with Crippen LogP contribution in [0.4, 0.5) is 0 Å². The molecule has 0 saturated carbocycles. The third-order valence-electron chi connectivity index (χ3n) is 13.5. The van der Waals surface area contributed by atoms with Crippen LogP contribution >= 0.6 is 0 Å². The lowest BCUT2D eigenvalue weighted by atomic mass is 9.66. The molecule has 0 saturated heterocycles. The molecule has 61 heavy (non-hydrogen) atoms. The maximum Gasteiger partial charge on any atom is 0.132 e. The van der Waals surface area contributed by atoms with E-state index in [1.807, 2.05) is 12.1 Å². The van der Waals surface area contributed by atoms with Crippen LogP contribution in [0.25, 0.3) is 33.4 Å². The number of hydrogen-bond acceptors (Lipinski definition) is 5. The van der Waals surface area contributed by atoms with E-state index in [0.717, 1.165) is 56.3 Å². The van der Waals surface area contributed by atoms with E-state index < -0.39 is 5.41 Å². The van der Waals surface area contributed by atoms with Crippen molar-refractivity contribution in [1.29, 1.82) is 5.26 Å². The van der Waals surface area contributed by atoms with Gasteiger partial charge in [-0.2, -0.15) is 5.26 Å². The standard InChI is InChI=1S/C56H40N4O/c1-55(2)47-30-34(33-57)26-28-39(47)40-29-27-37(32-48(40)55)36-16-12-17-38(31-36)53-58-52(35-14-4-3-5-15-35)59-54(60-53)42-19-13-23-46-51(42)41-18-6-7-20-43(41)56(46)44-21-8-10-24-49(44)61-50-25-11-9-22-45(50)56/h3-32,53-54,60H,1-2H3,(H,58,59). The Morgan fingerprint density at radius 1 is 0.541 bits per heavy atom. The number of benzene rings is 8. The lowest BCUT2D eigenvalue weighted by Crippen LogP contribution is -2.45. The molecule has 4 aliphatic rings. The molecule has 0 radical (unpaired) electrons. The van der Waals surface area contributed by atoms with Gasteiger partial charge in [0, 0.05) is 22.1 Å². The fourth-order valence-electron chi connectivity index (χ4n) is 10.7. The molecular weight excluding hydrogens is 745 g/mol. The number of para-hydroxylation sites is 2. The van der Waals surface area contributed by atoms with Gasteiger partial charge >= 0.3 is 0 Å². The lowest BCUT2D eigenvalue weighted by Gasteiger charge is -2.39. The summed E-state index contributed by atoms with van der Waals surface area (Å²) in [6, 6.07) is 67.2. The SMILES string of the molecule is CC1(C)c2cc(C#N)ccc2-c2ccc(-c3cccc(C4N=C(c5ccccc5)NC(c5cccc6c5-c5ccccc5C65c6ccccc6Oc6ccccc65)N4)c3)cc21. The van der Waals surface area contributed by atoms with E-state index in [9.17, 15) is 5.26 Å². The van der Waals surface area contributed by atoms with Gasteiger partial charge in [-0.05, 0) is 103 Å². The Morgan fingerprint density at radius 3 is 1.93 bits per heavy atom. The maximum atomic E-state index is 9.67. The second-order valence-corrected chi connectivity index (χ2v) is 17.0. The molecule has 290 valence electrons. The van der Waals surface area contributed by atoms with Crippen LogP contribution in [0, 0.1) is 11.3 Å². The second kappa shape index (κ2) is 13.2. The van der Waals surface area contributed by atoms with E-state index in [4.69, 9.17) is 9.73 Å². The minimum absolute atomic E-state index is 0.230. The first-order chi connectivity index (χ1) is 29.9. The summed E-state index contributed by atoms with van der Waals surface area (Å²) in [5.41, 5.74) is 17.6. The highest BCUT2D eigenvalue weighted by molar-refractivity contribution is 6.00. The number of rotatable bonds is 4. The first-order valence-corrected chi connectivity index (χ1v) is 21.0. The van der Waals surface area contributed by atoms with Crippen molar-refractivity contribution in [3.63, 3.8) is 0 Å². The van der Waals surface area contributed by atoms with Crippen molar-refractivity contribution < 1.29 is 4.74 Å². The summed E-state index contributed by atoms with van der Waals surface area (Å²) < 4.78 is 6.61. The second-order valence-electron chi connectivity index (χ2n) is 17.0. The maximum absolute atomic E-state index is 9.67. The van der Waals surface area contributed by atoms with E-state index in [1.165, 1.54) is 44.5 Å². The summed E-state index contributed by atoms with van der Waals surface area (Å²) in [4.78, 5) is 5.39. The highest BCUT2D eigenvalue weighted by Gasteiger charge is 2.52. The monoisotopic (exact) mass is 784 g/mol. The van der Waals surface area contributed by atoms with E-state index in [2.05, 4.69) is 200 Å². The van der Waals surface area contributed by atoms with Crippen molar-refractivity contribution in [1.82, 2.24) is 10.6 Å². The van der Waals surface area contributed by atoms with Crippen molar-refractivity contribution in [3.05, 3.63) is 238 Å². The minimum Gasteiger partial charge on any atom is -0.457 e. The lowest BCUT2D eigenvalue weighted by molar-refractivity contribution is 0.409. The fourth-order valence-corrected chi connectivity index (χ4v) is 10.7. The Hall–Kier alpha value is -7.52. The van der Waals surface area contributed by atoms with E-state index in [1.54, 1.807) is 0 Å². The number of hydrogen-bond donors (Lipinski definition) is 2. The summed E-state index contributed by atoms with van der Waals surface area (Å²) in [6.45, 7) is 4.52. The molecule has 8 aromatic carbocycles. The summed E-state index contributed by atoms with van der Waals surface area (Å²) >= 11 is 0. The average molecular weight is 785 g/mol. The Balaban J connectivity index is 0.984. The summed E-state index contributed by atoms with van der Waals surface area (Å²) in [5, 5.41) is 17.5. The van der Waals surface area contributed by atoms with Crippen LogP contribution in [0.2, 0.25) is 0 Å². The van der Waals surface area contributed by atoms with Crippen molar-refractivity contribution in [2.75, 3.05) is 0 Å². The molecule has 2 atom stereocenters. The number of nitriles is 1. The molecule has 0 amide bonds. The molecule has 12 rings (SSSR count). The number of ether oxygens (including phenoxy) is 1. The van der Waals surface area contributed by atoms with Crippen LogP contribution in [0.3, 0.4) is 0 Å². The molecule has 2 aliphatic carbocycles. The van der Waals surface area contributed by atoms with Gasteiger partial charge < -0.3 is 10.1 Å². The molecule has 2 N–H and O–H groups in total. The largest absolute Gasteiger partial charge is 0.457 e. The molecule has 8 aromatic rings. The molecule has 5 nitrogen and oxygen atoms in total. The smallest absolute Gasteiger partial charge is 0.132 e. The quantitative estimate of drug-likeness (QED) is 0.186. The zero-order chi connectivity index (χ0) is 40.9. The molecule has 5 heteroatoms. The Morgan fingerprint density at radius 2 is 1.16 bits per heavy atom. The molecular formula is C56H40N4O. The van der Waals surface area contributed by atoms with Crippen molar-refractivity contribution >= 4 is 5.84 Å². The van der Waals surface area contributed by atoms with E-state index in [0.29, 0.717) is 5.56 Å². The van der Waals surface area contributed by atoms with Gasteiger partial charge in [-0.3, -0.25) is 5.32 Å². The van der Waals surface area contributed by atoms with Gasteiger partial charge in [-0.25, -0.2) is 4.99 Å². The van der Waals surface area contributed by atoms with Crippen LogP contribution < -0.4 is 15.4 Å². The third-order valence-corrected chi connectivity index (χ3v) is 13.5. The van der Waals surface area contributed by atoms with Crippen LogP contribution in [0.1, 0.15) is 81.8 Å². The van der Waals surface area contributed by atoms with Crippen LogP contribution in [-0.4, -0.2) is 5.84 Å². The molecule has 0 aromatic heterocycles. The van der Waals surface area contributed by atoms with E-state index >= 15 is 0 Å². The van der Waals surface area contributed by atoms with Crippen molar-refractivity contribution in [2.45, 2.75) is 37.0 Å². The van der Waals surface area contributed by atoms with Gasteiger partial charge in [0.1, 0.15) is 29.7 Å². The molecule has 2 unspecified atom stereocenters.